The summed E-state index contributed by atoms with van der Waals surface area (Å²) >= 11 is 0. The van der Waals surface area contributed by atoms with Crippen molar-refractivity contribution in [3.8, 4) is 0 Å². The number of rotatable bonds is 49. The number of ether oxygens (including phenoxy) is 1. The van der Waals surface area contributed by atoms with Crippen LogP contribution in [-0.2, 0) is 27.9 Å². The van der Waals surface area contributed by atoms with Gasteiger partial charge in [0.25, 0.3) is 0 Å². The molecule has 0 saturated heterocycles. The van der Waals surface area contributed by atoms with Gasteiger partial charge in [0, 0.05) is 12.8 Å². The largest absolute Gasteiger partial charge is 0.472 e. The number of hydrogen-bond donors (Lipinski definition) is 2. The van der Waals surface area contributed by atoms with Crippen molar-refractivity contribution in [3.63, 3.8) is 0 Å². The van der Waals surface area contributed by atoms with Crippen LogP contribution in [0.4, 0.5) is 0 Å². The van der Waals surface area contributed by atoms with Crippen LogP contribution < -0.4 is 5.32 Å². The maximum absolute atomic E-state index is 13.5. The summed E-state index contributed by atoms with van der Waals surface area (Å²) < 4.78 is 30.6. The Morgan fingerprint density at radius 1 is 0.522 bits per heavy atom. The van der Waals surface area contributed by atoms with Gasteiger partial charge in [0.05, 0.1) is 33.8 Å². The third kappa shape index (κ3) is 49.9. The van der Waals surface area contributed by atoms with E-state index in [1.807, 2.05) is 33.3 Å². The lowest BCUT2D eigenvalue weighted by Gasteiger charge is -2.27. The van der Waals surface area contributed by atoms with E-state index in [0.29, 0.717) is 17.4 Å². The predicted molar refractivity (Wildman–Crippen MR) is 295 cm³/mol. The van der Waals surface area contributed by atoms with E-state index in [0.717, 1.165) is 109 Å². The molecule has 0 bridgehead atoms. The minimum absolute atomic E-state index is 0.0288. The Morgan fingerprint density at radius 3 is 1.41 bits per heavy atom. The van der Waals surface area contributed by atoms with Gasteiger partial charge >= 0.3 is 13.8 Å². The average molecular weight is 986 g/mol. The van der Waals surface area contributed by atoms with E-state index in [9.17, 15) is 19.0 Å². The van der Waals surface area contributed by atoms with Gasteiger partial charge in [-0.25, -0.2) is 4.57 Å². The van der Waals surface area contributed by atoms with Gasteiger partial charge in [-0.3, -0.25) is 18.6 Å². The van der Waals surface area contributed by atoms with Gasteiger partial charge in [0.1, 0.15) is 19.3 Å². The fraction of sp³-hybridized carbons (Fsp3) is 0.729. The molecule has 0 aromatic rings. The molecule has 69 heavy (non-hydrogen) atoms. The van der Waals surface area contributed by atoms with Crippen LogP contribution in [0.3, 0.4) is 0 Å². The summed E-state index contributed by atoms with van der Waals surface area (Å²) in [6, 6.07) is -0.871. The topological polar surface area (TPSA) is 111 Å². The lowest BCUT2D eigenvalue weighted by molar-refractivity contribution is -0.870. The van der Waals surface area contributed by atoms with Crippen molar-refractivity contribution in [1.29, 1.82) is 0 Å². The molecule has 0 aliphatic rings. The highest BCUT2D eigenvalue weighted by molar-refractivity contribution is 7.47. The highest BCUT2D eigenvalue weighted by Crippen LogP contribution is 2.43. The number of unbranched alkanes of at least 4 members (excludes halogenated alkanes) is 21. The van der Waals surface area contributed by atoms with E-state index in [-0.39, 0.29) is 37.9 Å². The first-order valence-electron chi connectivity index (χ1n) is 27.9. The van der Waals surface area contributed by atoms with E-state index < -0.39 is 20.0 Å². The number of likely N-dealkylation sites (N-methyl/N-ethyl adjacent to an activating group) is 1. The number of nitrogens with zero attached hydrogens (tertiary/aromatic N) is 1. The minimum Gasteiger partial charge on any atom is -0.456 e. The van der Waals surface area contributed by atoms with Gasteiger partial charge < -0.3 is 19.4 Å². The van der Waals surface area contributed by atoms with E-state index in [2.05, 4.69) is 99.0 Å². The number of amides is 1. The summed E-state index contributed by atoms with van der Waals surface area (Å²) in [4.78, 5) is 37.5. The Bertz CT molecular complexity index is 1460. The number of nitrogens with one attached hydrogen (secondary N) is 1. The first-order chi connectivity index (χ1) is 33.4. The lowest BCUT2D eigenvalue weighted by atomic mass is 10.0. The number of allylic oxidation sites excluding steroid dienone is 13. The molecule has 0 aromatic heterocycles. The maximum atomic E-state index is 13.5. The number of carbonyl (C=O) groups is 2. The molecule has 0 saturated carbocycles. The average Bonchev–Trinajstić information content (AvgIpc) is 3.31. The molecule has 0 aliphatic carbocycles. The fourth-order valence-corrected chi connectivity index (χ4v) is 8.29. The van der Waals surface area contributed by atoms with Crippen molar-refractivity contribution in [2.75, 3.05) is 40.9 Å². The van der Waals surface area contributed by atoms with E-state index in [4.69, 9.17) is 13.8 Å². The molecule has 0 radical (unpaired) electrons. The molecule has 2 N–H and O–H groups in total. The van der Waals surface area contributed by atoms with Crippen molar-refractivity contribution in [2.45, 2.75) is 238 Å². The van der Waals surface area contributed by atoms with Crippen LogP contribution >= 0.6 is 7.82 Å². The van der Waals surface area contributed by atoms with Gasteiger partial charge in [-0.05, 0) is 96.0 Å². The summed E-state index contributed by atoms with van der Waals surface area (Å²) in [7, 11) is 1.46. The molecule has 9 nitrogen and oxygen atoms in total. The molecule has 0 fully saturated rings. The van der Waals surface area contributed by atoms with Crippen molar-refractivity contribution in [1.82, 2.24) is 5.32 Å². The third-order valence-electron chi connectivity index (χ3n) is 11.8. The minimum atomic E-state index is -4.46. The quantitative estimate of drug-likeness (QED) is 0.0205. The van der Waals surface area contributed by atoms with Crippen molar-refractivity contribution < 1.29 is 37.3 Å². The van der Waals surface area contributed by atoms with Crippen LogP contribution in [0.15, 0.2) is 85.1 Å². The Labute approximate surface area is 425 Å². The van der Waals surface area contributed by atoms with Gasteiger partial charge in [0.2, 0.25) is 5.91 Å². The smallest absolute Gasteiger partial charge is 0.456 e. The van der Waals surface area contributed by atoms with Crippen molar-refractivity contribution >= 4 is 19.7 Å². The predicted octanol–water partition coefficient (Wildman–Crippen LogP) is 16.7. The zero-order valence-corrected chi connectivity index (χ0v) is 46.2. The summed E-state index contributed by atoms with van der Waals surface area (Å²) in [5.74, 6) is -0.556. The normalized spacial score (nSPS) is 14.5. The van der Waals surface area contributed by atoms with Gasteiger partial charge in [-0.1, -0.05) is 202 Å². The molecule has 0 aromatic carbocycles. The molecule has 3 unspecified atom stereocenters. The summed E-state index contributed by atoms with van der Waals surface area (Å²) in [5, 5.41) is 3.02. The van der Waals surface area contributed by atoms with Gasteiger partial charge in [-0.15, -0.1) is 0 Å². The number of carbonyl (C=O) groups excluding carboxylic acids is 2. The highest BCUT2D eigenvalue weighted by Gasteiger charge is 2.30. The van der Waals surface area contributed by atoms with Crippen LogP contribution in [-0.4, -0.2) is 74.3 Å². The number of phosphoric acid groups is 1. The number of quaternary nitrogens is 1. The van der Waals surface area contributed by atoms with E-state index >= 15 is 0 Å². The van der Waals surface area contributed by atoms with Crippen LogP contribution in [0.1, 0.15) is 226 Å². The number of esters is 1. The van der Waals surface area contributed by atoms with Crippen LogP contribution in [0.25, 0.3) is 0 Å². The highest BCUT2D eigenvalue weighted by atomic mass is 31.2. The molecule has 0 rings (SSSR count). The summed E-state index contributed by atoms with van der Waals surface area (Å²) in [5.41, 5.74) is 0. The van der Waals surface area contributed by atoms with E-state index in [1.165, 1.54) is 77.0 Å². The molecular weight excluding hydrogens is 880 g/mol. The van der Waals surface area contributed by atoms with Gasteiger partial charge in [-0.2, -0.15) is 0 Å². The maximum Gasteiger partial charge on any atom is 0.472 e. The SMILES string of the molecule is CC/C=C/C/C=C/C/C=C/C/C=C/CCCCCC(=O)NC(COP(=O)(O)OCC[N+](C)(C)C)C(/C=C/CCCCCCCCCCCCC)OC(=O)CCCCCCCCC/C=C/C/C=C/CC. The first kappa shape index (κ1) is 66.2. The fourth-order valence-electron chi connectivity index (χ4n) is 7.56. The second-order valence-corrected chi connectivity index (χ2v) is 21.1. The van der Waals surface area contributed by atoms with E-state index in [1.54, 1.807) is 0 Å². The van der Waals surface area contributed by atoms with Crippen molar-refractivity contribution in [3.05, 3.63) is 85.1 Å². The number of phosphoric ester groups is 1. The Hall–Kier alpha value is -2.81. The monoisotopic (exact) mass is 986 g/mol. The second kappa shape index (κ2) is 48.8. The second-order valence-electron chi connectivity index (χ2n) is 19.7. The zero-order chi connectivity index (χ0) is 50.8. The standard InChI is InChI=1S/C59H105N2O7P/c1-7-10-13-16-19-22-25-28-30-31-33-36-39-42-45-48-51-58(62)60-56(55-67-69(64,65)66-54-53-61(4,5)6)57(50-47-44-41-38-35-32-27-24-21-18-15-12-9-3)68-59(63)52-49-46-43-40-37-34-29-26-23-20-17-14-11-8-2/h10-11,13-14,19-20,22-23,28,30,33,36,47,50,56-57H,7-9,12,15-18,21,24-27,29,31-32,34-35,37-46,48-49,51-55H2,1-6H3,(H-,60,62,64,65)/p+1/b13-10+,14-11+,22-19+,23-20+,30-28+,36-33+,50-47+. The van der Waals surface area contributed by atoms with Gasteiger partial charge in [0.15, 0.2) is 0 Å². The van der Waals surface area contributed by atoms with Crippen LogP contribution in [0.2, 0.25) is 0 Å². The zero-order valence-electron chi connectivity index (χ0n) is 45.3. The molecule has 398 valence electrons. The summed E-state index contributed by atoms with van der Waals surface area (Å²) in [6.07, 6.45) is 62.9. The molecule has 0 heterocycles. The molecule has 3 atom stereocenters. The molecule has 0 spiro atoms. The molecule has 10 heteroatoms. The third-order valence-corrected chi connectivity index (χ3v) is 12.8. The molecular formula is C59H106N2O7P+. The molecule has 0 aliphatic heterocycles. The Balaban J connectivity index is 5.47. The Kier molecular flexibility index (Phi) is 46.8. The van der Waals surface area contributed by atoms with Crippen LogP contribution in [0.5, 0.6) is 0 Å². The summed E-state index contributed by atoms with van der Waals surface area (Å²) in [6.45, 7) is 6.75. The van der Waals surface area contributed by atoms with Crippen molar-refractivity contribution in [2.24, 2.45) is 0 Å². The van der Waals surface area contributed by atoms with Crippen LogP contribution in [0, 0.1) is 0 Å². The Morgan fingerprint density at radius 2 is 0.928 bits per heavy atom. The first-order valence-corrected chi connectivity index (χ1v) is 29.4. The number of hydrogen-bond acceptors (Lipinski definition) is 6. The molecule has 1 amide bonds. The lowest BCUT2D eigenvalue weighted by Crippen LogP contribution is -2.47.